The van der Waals surface area contributed by atoms with Crippen molar-refractivity contribution >= 4 is 34.3 Å². The van der Waals surface area contributed by atoms with Crippen molar-refractivity contribution in [2.75, 3.05) is 24.6 Å². The maximum absolute atomic E-state index is 13.9. The third-order valence-electron chi connectivity index (χ3n) is 7.85. The Morgan fingerprint density at radius 1 is 1.12 bits per heavy atom. The average molecular weight is 599 g/mol. The number of hydrogen-bond donors (Lipinski definition) is 1. The first kappa shape index (κ1) is 31.1. The van der Waals surface area contributed by atoms with Gasteiger partial charge in [-0.1, -0.05) is 12.1 Å². The molecular formula is C27H33BF3NO8S. The Balaban J connectivity index is 1.80. The molecule has 0 bridgehead atoms. The standard InChI is InChI=1S/C27H33BF3NO8S/c1-24(2)25(3,4)40-28(39-24)18-10-11-22-21(13-18)32(15-19(38-22)14-26(5,16-37-6)23(33)34)41(35,36)20-9-7-8-17(12-20)27(29,30)31/h7-13,19H,14-16H2,1-6H3,(H,33,34)/t19-,26?/m0/s1. The van der Waals surface area contributed by atoms with Crippen LogP contribution < -0.4 is 14.5 Å². The molecular weight excluding hydrogens is 566 g/mol. The van der Waals surface area contributed by atoms with Crippen molar-refractivity contribution < 1.29 is 50.3 Å². The SMILES string of the molecule is COCC(C)(C[C@H]1CN(S(=O)(=O)c2cccc(C(F)(F)F)c2)c2cc(B3OC(C)(C)C(C)(C)O3)ccc2O1)C(=O)O. The molecule has 0 aliphatic carbocycles. The molecule has 9 nitrogen and oxygen atoms in total. The van der Waals surface area contributed by atoms with Crippen LogP contribution in [0.25, 0.3) is 0 Å². The van der Waals surface area contributed by atoms with Gasteiger partial charge in [0, 0.05) is 13.5 Å². The minimum atomic E-state index is -4.76. The van der Waals surface area contributed by atoms with Crippen LogP contribution in [0.5, 0.6) is 5.75 Å². The first-order valence-corrected chi connectivity index (χ1v) is 14.3. The zero-order valence-corrected chi connectivity index (χ0v) is 24.4. The number of carboxylic acid groups (broad SMARTS) is 1. The summed E-state index contributed by atoms with van der Waals surface area (Å²) in [5.41, 5.74) is -3.36. The maximum Gasteiger partial charge on any atom is 0.494 e. The molecule has 0 amide bonds. The predicted octanol–water partition coefficient (Wildman–Crippen LogP) is 4.09. The number of carbonyl (C=O) groups is 1. The van der Waals surface area contributed by atoms with Gasteiger partial charge in [-0.3, -0.25) is 9.10 Å². The van der Waals surface area contributed by atoms with Crippen LogP contribution in [0, 0.1) is 5.41 Å². The summed E-state index contributed by atoms with van der Waals surface area (Å²) in [5, 5.41) is 9.84. The fraction of sp³-hybridized carbons (Fsp3) is 0.519. The molecule has 0 saturated carbocycles. The quantitative estimate of drug-likeness (QED) is 0.452. The Labute approximate surface area is 237 Å². The second-order valence-electron chi connectivity index (χ2n) is 11.6. The summed E-state index contributed by atoms with van der Waals surface area (Å²) in [7, 11) is -4.07. The fourth-order valence-corrected chi connectivity index (χ4v) is 6.32. The monoisotopic (exact) mass is 599 g/mol. The molecule has 41 heavy (non-hydrogen) atoms. The molecule has 14 heteroatoms. The van der Waals surface area contributed by atoms with Gasteiger partial charge < -0.3 is 23.9 Å². The Morgan fingerprint density at radius 3 is 2.32 bits per heavy atom. The third-order valence-corrected chi connectivity index (χ3v) is 9.62. The second-order valence-corrected chi connectivity index (χ2v) is 13.5. The van der Waals surface area contributed by atoms with E-state index in [1.54, 1.807) is 6.07 Å². The van der Waals surface area contributed by atoms with Gasteiger partial charge >= 0.3 is 19.3 Å². The Bertz CT molecular complexity index is 1420. The summed E-state index contributed by atoms with van der Waals surface area (Å²) in [5.74, 6) is -1.06. The van der Waals surface area contributed by atoms with E-state index in [0.29, 0.717) is 11.5 Å². The molecule has 2 aromatic rings. The lowest BCUT2D eigenvalue weighted by molar-refractivity contribution is -0.153. The van der Waals surface area contributed by atoms with E-state index in [1.807, 2.05) is 27.7 Å². The highest BCUT2D eigenvalue weighted by atomic mass is 32.2. The summed E-state index contributed by atoms with van der Waals surface area (Å²) < 4.78 is 92.6. The van der Waals surface area contributed by atoms with Gasteiger partial charge in [-0.25, -0.2) is 8.42 Å². The summed E-state index contributed by atoms with van der Waals surface area (Å²) >= 11 is 0. The van der Waals surface area contributed by atoms with E-state index < -0.39 is 62.5 Å². The number of sulfonamides is 1. The lowest BCUT2D eigenvalue weighted by Crippen LogP contribution is -2.48. The van der Waals surface area contributed by atoms with Crippen LogP contribution in [-0.2, 0) is 35.0 Å². The Morgan fingerprint density at radius 2 is 1.76 bits per heavy atom. The number of nitrogens with zero attached hydrogens (tertiary/aromatic N) is 1. The van der Waals surface area contributed by atoms with Crippen LogP contribution in [-0.4, -0.2) is 64.2 Å². The van der Waals surface area contributed by atoms with Gasteiger partial charge in [0.25, 0.3) is 10.0 Å². The van der Waals surface area contributed by atoms with Gasteiger partial charge in [-0.15, -0.1) is 0 Å². The average Bonchev–Trinajstić information content (AvgIpc) is 3.09. The smallest absolute Gasteiger partial charge is 0.486 e. The van der Waals surface area contributed by atoms with Gasteiger partial charge in [0.15, 0.2) is 0 Å². The molecule has 2 aliphatic rings. The number of halogens is 3. The molecule has 1 unspecified atom stereocenters. The van der Waals surface area contributed by atoms with E-state index in [-0.39, 0.29) is 31.0 Å². The molecule has 2 aromatic carbocycles. The zero-order chi connectivity index (χ0) is 30.6. The third kappa shape index (κ3) is 5.92. The molecule has 0 radical (unpaired) electrons. The molecule has 1 saturated heterocycles. The minimum absolute atomic E-state index is 0.0645. The van der Waals surface area contributed by atoms with Crippen molar-refractivity contribution in [1.29, 1.82) is 0 Å². The molecule has 0 spiro atoms. The van der Waals surface area contributed by atoms with Gasteiger partial charge in [0.05, 0.1) is 45.9 Å². The Hall–Kier alpha value is -2.81. The number of rotatable bonds is 8. The van der Waals surface area contributed by atoms with Crippen LogP contribution in [0.4, 0.5) is 18.9 Å². The van der Waals surface area contributed by atoms with E-state index in [1.165, 1.54) is 26.2 Å². The van der Waals surface area contributed by atoms with E-state index in [4.69, 9.17) is 18.8 Å². The summed E-state index contributed by atoms with van der Waals surface area (Å²) in [4.78, 5) is 11.5. The van der Waals surface area contributed by atoms with Gasteiger partial charge in [0.2, 0.25) is 0 Å². The van der Waals surface area contributed by atoms with Crippen LogP contribution >= 0.6 is 0 Å². The molecule has 0 aromatic heterocycles. The molecule has 2 aliphatic heterocycles. The number of fused-ring (bicyclic) bond motifs is 1. The fourth-order valence-electron chi connectivity index (χ4n) is 4.78. The summed E-state index contributed by atoms with van der Waals surface area (Å²) in [6.07, 6.45) is -5.85. The Kier molecular flexibility index (Phi) is 7.96. The van der Waals surface area contributed by atoms with Crippen molar-refractivity contribution in [2.24, 2.45) is 5.41 Å². The second kappa shape index (κ2) is 10.5. The molecule has 4 rings (SSSR count). The topological polar surface area (TPSA) is 112 Å². The van der Waals surface area contributed by atoms with Crippen LogP contribution in [0.3, 0.4) is 0 Å². The highest BCUT2D eigenvalue weighted by molar-refractivity contribution is 7.92. The van der Waals surface area contributed by atoms with Gasteiger partial charge in [-0.05, 0) is 70.4 Å². The summed E-state index contributed by atoms with van der Waals surface area (Å²) in [6.45, 7) is 8.38. The zero-order valence-electron chi connectivity index (χ0n) is 23.6. The molecule has 224 valence electrons. The first-order chi connectivity index (χ1) is 18.8. The number of anilines is 1. The highest BCUT2D eigenvalue weighted by Crippen LogP contribution is 2.42. The number of ether oxygens (including phenoxy) is 2. The van der Waals surface area contributed by atoms with E-state index in [9.17, 15) is 31.5 Å². The largest absolute Gasteiger partial charge is 0.494 e. The predicted molar refractivity (Wildman–Crippen MR) is 145 cm³/mol. The number of hydrogen-bond acceptors (Lipinski definition) is 7. The van der Waals surface area contributed by atoms with Crippen molar-refractivity contribution in [3.05, 3.63) is 48.0 Å². The van der Waals surface area contributed by atoms with Crippen molar-refractivity contribution in [1.82, 2.24) is 0 Å². The van der Waals surface area contributed by atoms with Crippen LogP contribution in [0.1, 0.15) is 46.6 Å². The van der Waals surface area contributed by atoms with Gasteiger partial charge in [-0.2, -0.15) is 13.2 Å². The van der Waals surface area contributed by atoms with Crippen molar-refractivity contribution in [3.63, 3.8) is 0 Å². The van der Waals surface area contributed by atoms with Crippen molar-refractivity contribution in [3.8, 4) is 5.75 Å². The molecule has 2 atom stereocenters. The summed E-state index contributed by atoms with van der Waals surface area (Å²) in [6, 6.07) is 8.13. The maximum atomic E-state index is 13.9. The number of aliphatic carboxylic acids is 1. The van der Waals surface area contributed by atoms with E-state index >= 15 is 0 Å². The molecule has 1 N–H and O–H groups in total. The number of carboxylic acids is 1. The number of benzene rings is 2. The van der Waals surface area contributed by atoms with Crippen LogP contribution in [0.2, 0.25) is 0 Å². The number of alkyl halides is 3. The molecule has 1 fully saturated rings. The first-order valence-electron chi connectivity index (χ1n) is 12.9. The van der Waals surface area contributed by atoms with E-state index in [2.05, 4.69) is 0 Å². The normalized spacial score (nSPS) is 21.6. The molecule has 2 heterocycles. The highest BCUT2D eigenvalue weighted by Gasteiger charge is 2.52. The van der Waals surface area contributed by atoms with E-state index in [0.717, 1.165) is 22.5 Å². The number of methoxy groups -OCH3 is 1. The van der Waals surface area contributed by atoms with Crippen LogP contribution in [0.15, 0.2) is 47.4 Å². The lowest BCUT2D eigenvalue weighted by Gasteiger charge is -2.38. The van der Waals surface area contributed by atoms with Crippen molar-refractivity contribution in [2.45, 2.75) is 69.4 Å². The lowest BCUT2D eigenvalue weighted by atomic mass is 9.78. The van der Waals surface area contributed by atoms with Gasteiger partial charge in [0.1, 0.15) is 11.9 Å². The minimum Gasteiger partial charge on any atom is -0.486 e.